The van der Waals surface area contributed by atoms with Crippen LogP contribution in [0.15, 0.2) is 48.5 Å². The molecule has 1 unspecified atom stereocenters. The number of nitrogens with zero attached hydrogens (tertiary/aromatic N) is 1. The van der Waals surface area contributed by atoms with Crippen molar-refractivity contribution >= 4 is 11.6 Å². The fraction of sp³-hybridized carbons (Fsp3) is 0.350. The van der Waals surface area contributed by atoms with Crippen molar-refractivity contribution in [2.75, 3.05) is 5.32 Å². The molecule has 0 aromatic heterocycles. The van der Waals surface area contributed by atoms with Crippen molar-refractivity contribution in [1.29, 1.82) is 0 Å². The molecule has 3 heteroatoms. The highest BCUT2D eigenvalue weighted by atomic mass is 16.2. The minimum atomic E-state index is -0.126. The largest absolute Gasteiger partial charge is 0.361 e. The predicted octanol–water partition coefficient (Wildman–Crippen LogP) is 4.78. The lowest BCUT2D eigenvalue weighted by molar-refractivity contribution is 0.0617. The van der Waals surface area contributed by atoms with Crippen LogP contribution in [0.5, 0.6) is 0 Å². The van der Waals surface area contributed by atoms with Gasteiger partial charge < -0.3 is 10.2 Å². The van der Waals surface area contributed by atoms with Crippen LogP contribution in [0.2, 0.25) is 0 Å². The fourth-order valence-corrected chi connectivity index (χ4v) is 3.11. The number of benzene rings is 2. The van der Waals surface area contributed by atoms with Gasteiger partial charge in [0, 0.05) is 11.7 Å². The van der Waals surface area contributed by atoms with Crippen molar-refractivity contribution in [2.45, 2.75) is 45.8 Å². The Balaban J connectivity index is 2.01. The monoisotopic (exact) mass is 308 g/mol. The zero-order valence-corrected chi connectivity index (χ0v) is 14.2. The van der Waals surface area contributed by atoms with E-state index >= 15 is 0 Å². The lowest BCUT2D eigenvalue weighted by Crippen LogP contribution is -2.46. The van der Waals surface area contributed by atoms with Crippen LogP contribution in [0.25, 0.3) is 0 Å². The molecule has 0 saturated carbocycles. The van der Waals surface area contributed by atoms with Crippen molar-refractivity contribution in [3.05, 3.63) is 65.2 Å². The third kappa shape index (κ3) is 2.83. The number of amides is 1. The normalized spacial score (nSPS) is 17.4. The average Bonchev–Trinajstić information content (AvgIpc) is 2.54. The molecule has 0 bridgehead atoms. The van der Waals surface area contributed by atoms with Crippen molar-refractivity contribution < 1.29 is 4.79 Å². The third-order valence-electron chi connectivity index (χ3n) is 4.44. The molecule has 0 saturated heterocycles. The van der Waals surface area contributed by atoms with E-state index in [9.17, 15) is 4.79 Å². The molecule has 1 aliphatic heterocycles. The number of hydrogen-bond donors (Lipinski definition) is 1. The minimum Gasteiger partial charge on any atom is -0.361 e. The number of anilines is 1. The Morgan fingerprint density at radius 1 is 0.957 bits per heavy atom. The zero-order valence-electron chi connectivity index (χ0n) is 14.2. The van der Waals surface area contributed by atoms with E-state index in [4.69, 9.17) is 0 Å². The molecule has 0 fully saturated rings. The van der Waals surface area contributed by atoms with E-state index in [1.165, 1.54) is 5.56 Å². The molecule has 0 aliphatic carbocycles. The van der Waals surface area contributed by atoms with Gasteiger partial charge in [0.1, 0.15) is 6.17 Å². The average molecular weight is 308 g/mol. The van der Waals surface area contributed by atoms with Gasteiger partial charge in [-0.1, -0.05) is 50.2 Å². The van der Waals surface area contributed by atoms with E-state index in [0.717, 1.165) is 16.8 Å². The first kappa shape index (κ1) is 15.6. The molecule has 1 aliphatic rings. The van der Waals surface area contributed by atoms with Crippen LogP contribution in [-0.4, -0.2) is 16.8 Å². The lowest BCUT2D eigenvalue weighted by Gasteiger charge is -2.40. The Hall–Kier alpha value is -2.29. The van der Waals surface area contributed by atoms with Gasteiger partial charge in [-0.3, -0.25) is 4.79 Å². The fourth-order valence-electron chi connectivity index (χ4n) is 3.11. The Kier molecular flexibility index (Phi) is 4.12. The molecule has 0 radical (unpaired) electrons. The van der Waals surface area contributed by atoms with E-state index in [1.54, 1.807) is 0 Å². The van der Waals surface area contributed by atoms with Crippen molar-refractivity contribution in [1.82, 2.24) is 4.90 Å². The highest BCUT2D eigenvalue weighted by molar-refractivity contribution is 6.01. The molecule has 3 nitrogen and oxygen atoms in total. The van der Waals surface area contributed by atoms with Crippen molar-refractivity contribution in [2.24, 2.45) is 0 Å². The number of nitrogens with one attached hydrogen (secondary N) is 1. The van der Waals surface area contributed by atoms with Gasteiger partial charge in [0.05, 0.1) is 5.56 Å². The van der Waals surface area contributed by atoms with Gasteiger partial charge in [0.2, 0.25) is 0 Å². The summed E-state index contributed by atoms with van der Waals surface area (Å²) < 4.78 is 0. The summed E-state index contributed by atoms with van der Waals surface area (Å²) in [6, 6.07) is 16.4. The summed E-state index contributed by atoms with van der Waals surface area (Å²) in [4.78, 5) is 14.8. The number of hydrogen-bond acceptors (Lipinski definition) is 2. The Morgan fingerprint density at radius 3 is 2.22 bits per heavy atom. The standard InChI is InChI=1S/C20H24N2O/c1-13(2)15-9-11-16(12-10-15)19-21-18-8-6-5-7-17(18)20(23)22(19)14(3)4/h5-14,19,21H,1-4H3. The molecule has 2 aromatic carbocycles. The quantitative estimate of drug-likeness (QED) is 0.884. The number of carbonyl (C=O) groups is 1. The zero-order chi connectivity index (χ0) is 16.6. The molecule has 0 spiro atoms. The van der Waals surface area contributed by atoms with Crippen LogP contribution < -0.4 is 5.32 Å². The smallest absolute Gasteiger partial charge is 0.258 e. The molecule has 1 N–H and O–H groups in total. The molecule has 120 valence electrons. The van der Waals surface area contributed by atoms with Crippen molar-refractivity contribution in [3.63, 3.8) is 0 Å². The molecule has 1 atom stereocenters. The van der Waals surface area contributed by atoms with E-state index in [0.29, 0.717) is 5.92 Å². The highest BCUT2D eigenvalue weighted by Crippen LogP contribution is 2.34. The van der Waals surface area contributed by atoms with Crippen LogP contribution in [0.4, 0.5) is 5.69 Å². The number of fused-ring (bicyclic) bond motifs is 1. The summed E-state index contributed by atoms with van der Waals surface area (Å²) in [5, 5.41) is 3.53. The van der Waals surface area contributed by atoms with Gasteiger partial charge in [-0.05, 0) is 43.0 Å². The van der Waals surface area contributed by atoms with E-state index < -0.39 is 0 Å². The number of carbonyl (C=O) groups excluding carboxylic acids is 1. The Bertz CT molecular complexity index is 704. The molecule has 3 rings (SSSR count). The van der Waals surface area contributed by atoms with E-state index in [2.05, 4.69) is 57.3 Å². The maximum atomic E-state index is 12.9. The summed E-state index contributed by atoms with van der Waals surface area (Å²) in [6.07, 6.45) is -0.126. The Morgan fingerprint density at radius 2 is 1.61 bits per heavy atom. The SMILES string of the molecule is CC(C)c1ccc(C2Nc3ccccc3C(=O)N2C(C)C)cc1. The second-order valence-electron chi connectivity index (χ2n) is 6.72. The molecular formula is C20H24N2O. The molecule has 1 heterocycles. The lowest BCUT2D eigenvalue weighted by atomic mass is 9.98. The molecule has 2 aromatic rings. The first-order valence-electron chi connectivity index (χ1n) is 8.27. The maximum absolute atomic E-state index is 12.9. The minimum absolute atomic E-state index is 0.0901. The molecule has 23 heavy (non-hydrogen) atoms. The number of rotatable bonds is 3. The van der Waals surface area contributed by atoms with Crippen LogP contribution in [0.1, 0.15) is 61.3 Å². The second kappa shape index (κ2) is 6.07. The van der Waals surface area contributed by atoms with Gasteiger partial charge in [-0.15, -0.1) is 0 Å². The van der Waals surface area contributed by atoms with E-state index in [-0.39, 0.29) is 18.1 Å². The van der Waals surface area contributed by atoms with Crippen LogP contribution in [0.3, 0.4) is 0 Å². The molecule has 1 amide bonds. The Labute approximate surface area is 138 Å². The maximum Gasteiger partial charge on any atom is 0.258 e. The first-order chi connectivity index (χ1) is 11.0. The van der Waals surface area contributed by atoms with Crippen LogP contribution in [-0.2, 0) is 0 Å². The van der Waals surface area contributed by atoms with Gasteiger partial charge >= 0.3 is 0 Å². The molecular weight excluding hydrogens is 284 g/mol. The summed E-state index contributed by atoms with van der Waals surface area (Å²) in [7, 11) is 0. The topological polar surface area (TPSA) is 32.3 Å². The summed E-state index contributed by atoms with van der Waals surface area (Å²) in [5.74, 6) is 0.596. The first-order valence-corrected chi connectivity index (χ1v) is 8.27. The van der Waals surface area contributed by atoms with Gasteiger partial charge in [0.15, 0.2) is 0 Å². The second-order valence-corrected chi connectivity index (χ2v) is 6.72. The summed E-state index contributed by atoms with van der Waals surface area (Å²) in [6.45, 7) is 8.49. The van der Waals surface area contributed by atoms with E-state index in [1.807, 2.05) is 29.2 Å². The van der Waals surface area contributed by atoms with Crippen molar-refractivity contribution in [3.8, 4) is 0 Å². The van der Waals surface area contributed by atoms with Gasteiger partial charge in [0.25, 0.3) is 5.91 Å². The third-order valence-corrected chi connectivity index (χ3v) is 4.44. The highest BCUT2D eigenvalue weighted by Gasteiger charge is 2.34. The van der Waals surface area contributed by atoms with Gasteiger partial charge in [-0.2, -0.15) is 0 Å². The summed E-state index contributed by atoms with van der Waals surface area (Å²) in [5.41, 5.74) is 4.09. The van der Waals surface area contributed by atoms with Crippen LogP contribution >= 0.6 is 0 Å². The van der Waals surface area contributed by atoms with Gasteiger partial charge in [-0.25, -0.2) is 0 Å². The van der Waals surface area contributed by atoms with Crippen LogP contribution in [0, 0.1) is 0 Å². The number of para-hydroxylation sites is 1. The summed E-state index contributed by atoms with van der Waals surface area (Å²) >= 11 is 0. The predicted molar refractivity (Wildman–Crippen MR) is 94.6 cm³/mol.